The van der Waals surface area contributed by atoms with E-state index >= 15 is 0 Å². The largest absolute Gasteiger partial charge is 0.472 e. The number of rotatable bonds is 96. The number of phosphoric acid groups is 2. The normalized spacial score (nSPS) is 14.4. The molecule has 0 saturated heterocycles. The van der Waals surface area contributed by atoms with Crippen molar-refractivity contribution in [3.63, 3.8) is 0 Å². The van der Waals surface area contributed by atoms with Crippen LogP contribution in [0.1, 0.15) is 432 Å². The molecule has 0 aliphatic rings. The van der Waals surface area contributed by atoms with Gasteiger partial charge in [0.15, 0.2) is 6.10 Å². The summed E-state index contributed by atoms with van der Waals surface area (Å²) in [5.41, 5.74) is 0. The van der Waals surface area contributed by atoms with Gasteiger partial charge in [0.1, 0.15) is 25.4 Å². The second kappa shape index (κ2) is 99.7. The number of hydrogen-bond acceptors (Lipinski definition) is 14. The Balaban J connectivity index is 4.59. The Morgan fingerprint density at radius 2 is 0.417 bits per heavy atom. The van der Waals surface area contributed by atoms with Gasteiger partial charge in [-0.25, -0.2) is 9.13 Å². The molecule has 18 heteroatoms. The molecule has 0 aliphatic heterocycles. The van der Waals surface area contributed by atoms with E-state index in [4.69, 9.17) is 32.3 Å². The van der Waals surface area contributed by atoms with Gasteiger partial charge in [0.2, 0.25) is 0 Å². The van der Waals surface area contributed by atoms with E-state index < -0.39 is 91.5 Å². The second-order valence-corrected chi connectivity index (χ2v) is 36.8. The number of phosphoric ester groups is 2. The summed E-state index contributed by atoms with van der Waals surface area (Å²) in [6.45, 7) is 2.49. The average Bonchev–Trinajstić information content (AvgIpc) is 0.898. The first kappa shape index (κ1) is 122. The van der Waals surface area contributed by atoms with Gasteiger partial charge >= 0.3 is 33.6 Å². The molecule has 0 bridgehead atoms. The molecule has 0 spiro atoms. The van der Waals surface area contributed by atoms with E-state index in [1.807, 2.05) is 0 Å². The molecular formula is C109H186O16P2. The summed E-state index contributed by atoms with van der Waals surface area (Å²) in [7, 11) is -9.82. The van der Waals surface area contributed by atoms with Crippen LogP contribution in [0.15, 0.2) is 182 Å². The molecule has 0 aromatic rings. The van der Waals surface area contributed by atoms with Crippen LogP contribution in [-0.2, 0) is 55.8 Å². The smallest absolute Gasteiger partial charge is 0.463 e. The Kier molecular flexibility index (Phi) is 95.5. The van der Waals surface area contributed by atoms with Crippen LogP contribution in [0.4, 0.5) is 0 Å². The molecule has 0 amide bonds. The molecule has 5 unspecified atom stereocenters. The van der Waals surface area contributed by atoms with Gasteiger partial charge in [0, 0.05) is 19.3 Å². The maximum Gasteiger partial charge on any atom is 0.472 e. The summed E-state index contributed by atoms with van der Waals surface area (Å²) in [6, 6.07) is 0. The Labute approximate surface area is 776 Å². The third-order valence-corrected chi connectivity index (χ3v) is 23.5. The highest BCUT2D eigenvalue weighted by Gasteiger charge is 2.30. The fourth-order valence-electron chi connectivity index (χ4n) is 13.9. The molecule has 0 fully saturated rings. The molecule has 16 nitrogen and oxygen atoms in total. The van der Waals surface area contributed by atoms with Gasteiger partial charge < -0.3 is 34.2 Å². The van der Waals surface area contributed by atoms with Crippen molar-refractivity contribution in [1.29, 1.82) is 0 Å². The molecule has 5 atom stereocenters. The minimum absolute atomic E-state index is 0.0974. The number of aliphatic hydroxyl groups excluding tert-OH is 2. The average molecular weight is 1810 g/mol. The lowest BCUT2D eigenvalue weighted by molar-refractivity contribution is -0.161. The Bertz CT molecular complexity index is 3040. The lowest BCUT2D eigenvalue weighted by Gasteiger charge is -2.21. The third-order valence-electron chi connectivity index (χ3n) is 21.6. The zero-order chi connectivity index (χ0) is 92.1. The van der Waals surface area contributed by atoms with E-state index in [1.54, 1.807) is 0 Å². The van der Waals surface area contributed by atoms with Crippen molar-refractivity contribution in [2.75, 3.05) is 39.6 Å². The Hall–Kier alpha value is -5.35. The van der Waals surface area contributed by atoms with Gasteiger partial charge in [-0.3, -0.25) is 32.5 Å². The number of allylic oxidation sites excluding steroid dienone is 30. The van der Waals surface area contributed by atoms with Crippen molar-refractivity contribution in [2.45, 2.75) is 450 Å². The highest BCUT2D eigenvalue weighted by Crippen LogP contribution is 2.45. The molecule has 0 aromatic heterocycles. The van der Waals surface area contributed by atoms with Crippen LogP contribution in [0.5, 0.6) is 0 Å². The monoisotopic (exact) mass is 1810 g/mol. The van der Waals surface area contributed by atoms with Gasteiger partial charge in [-0.05, 0) is 161 Å². The number of hydrogen-bond donors (Lipinski definition) is 4. The first-order chi connectivity index (χ1) is 62.2. The first-order valence-electron chi connectivity index (χ1n) is 51.1. The quantitative estimate of drug-likeness (QED) is 0.0146. The van der Waals surface area contributed by atoms with Gasteiger partial charge in [-0.1, -0.05) is 434 Å². The zero-order valence-electron chi connectivity index (χ0n) is 80.6. The number of unbranched alkanes of at least 4 members (excludes halogenated alkanes) is 43. The summed E-state index contributed by atoms with van der Waals surface area (Å²) in [4.78, 5) is 59.2. The summed E-state index contributed by atoms with van der Waals surface area (Å²) in [6.07, 6.45) is 132. The maximum atomic E-state index is 13.1. The van der Waals surface area contributed by atoms with Crippen LogP contribution in [-0.4, -0.2) is 95.9 Å². The molecule has 127 heavy (non-hydrogen) atoms. The van der Waals surface area contributed by atoms with Crippen LogP contribution < -0.4 is 0 Å². The van der Waals surface area contributed by atoms with E-state index in [-0.39, 0.29) is 19.3 Å². The van der Waals surface area contributed by atoms with Crippen molar-refractivity contribution >= 4 is 33.6 Å². The minimum Gasteiger partial charge on any atom is -0.463 e. The standard InChI is InChI=1S/C109H186O16P2/c1-4-7-10-13-16-19-22-25-28-31-34-37-40-43-46-48-49-50-51-52-53-55-58-59-62-65-68-71-74-77-80-83-86-89-92-95-107(112)119-98-104(110)99-121-126(115,116)122-100-105(111)101-123-127(117,118)124-103-106(125-109(114)97-94-91-88-85-82-79-76-73-70-67-64-61-56-45-42-39-36-33-30-27-24-21-18-15-12-9-6-3)102-120-108(113)96-93-90-87-84-81-78-75-72-69-66-63-60-57-54-47-44-41-38-35-32-29-26-23-20-17-14-11-8-5-2/h7-8,10-11,16-21,25-30,34-39,43-47,49-50,56,104-106,110-111H,4-6,9,12-15,22-24,31-33,40-42,48,51-55,57-103H2,1-3H3,(H,115,116)(H,117,118)/b10-7-,11-8-,19-16-,20-17-,21-18-,28-25-,29-26-,30-27-,37-34-,38-35-,39-36-,46-43-,47-44-,50-49-,56-45-. The SMILES string of the molecule is CC/C=C\C/C=C\C/C=C\C/C=C\C/C=C\C/C=C\CCCCCCCCCCCCCCCCCCC(=O)OCC(O)COP(=O)(O)OCC(O)COP(=O)(O)OCC(COC(=O)CCCCCCCCCCCCCCC/C=C\C/C=C\C/C=C\C/C=C\C/C=C\CC)OC(=O)CCCCCCCCCCCCC/C=C\C/C=C\C/C=C\C/C=C\CCCCC. The van der Waals surface area contributed by atoms with Crippen molar-refractivity contribution < 1.29 is 75.8 Å². The number of esters is 3. The minimum atomic E-state index is -4.95. The first-order valence-corrected chi connectivity index (χ1v) is 54.1. The molecule has 0 heterocycles. The van der Waals surface area contributed by atoms with Gasteiger partial charge in [-0.2, -0.15) is 0 Å². The van der Waals surface area contributed by atoms with Crippen molar-refractivity contribution in [3.8, 4) is 0 Å². The molecule has 728 valence electrons. The van der Waals surface area contributed by atoms with E-state index in [1.165, 1.54) is 199 Å². The number of carbonyl (C=O) groups excluding carboxylic acids is 3. The summed E-state index contributed by atoms with van der Waals surface area (Å²) < 4.78 is 61.7. The highest BCUT2D eigenvalue weighted by molar-refractivity contribution is 7.47. The molecule has 4 N–H and O–H groups in total. The van der Waals surface area contributed by atoms with E-state index in [2.05, 4.69) is 203 Å². The van der Waals surface area contributed by atoms with Crippen LogP contribution in [0.2, 0.25) is 0 Å². The van der Waals surface area contributed by atoms with Crippen molar-refractivity contribution in [2.24, 2.45) is 0 Å². The fourth-order valence-corrected chi connectivity index (χ4v) is 15.5. The van der Waals surface area contributed by atoms with Gasteiger partial charge in [0.25, 0.3) is 0 Å². The Morgan fingerprint density at radius 1 is 0.228 bits per heavy atom. The van der Waals surface area contributed by atoms with E-state index in [0.29, 0.717) is 19.3 Å². The van der Waals surface area contributed by atoms with Crippen molar-refractivity contribution in [1.82, 2.24) is 0 Å². The van der Waals surface area contributed by atoms with Crippen LogP contribution >= 0.6 is 15.6 Å². The second-order valence-electron chi connectivity index (χ2n) is 33.9. The van der Waals surface area contributed by atoms with Crippen LogP contribution in [0.25, 0.3) is 0 Å². The maximum absolute atomic E-state index is 13.1. The van der Waals surface area contributed by atoms with Gasteiger partial charge in [0.05, 0.1) is 26.4 Å². The summed E-state index contributed by atoms with van der Waals surface area (Å²) >= 11 is 0. The van der Waals surface area contributed by atoms with E-state index in [0.717, 1.165) is 173 Å². The molecule has 0 radical (unpaired) electrons. The van der Waals surface area contributed by atoms with E-state index in [9.17, 15) is 43.5 Å². The molecule has 0 rings (SSSR count). The molecular weight excluding hydrogens is 1630 g/mol. The number of aliphatic hydroxyl groups is 2. The topological polar surface area (TPSA) is 231 Å². The fraction of sp³-hybridized carbons (Fsp3) is 0.697. The van der Waals surface area contributed by atoms with Crippen molar-refractivity contribution in [3.05, 3.63) is 182 Å². The van der Waals surface area contributed by atoms with Gasteiger partial charge in [-0.15, -0.1) is 0 Å². The predicted molar refractivity (Wildman–Crippen MR) is 537 cm³/mol. The third kappa shape index (κ3) is 101. The highest BCUT2D eigenvalue weighted by atomic mass is 31.2. The predicted octanol–water partition coefficient (Wildman–Crippen LogP) is 32.3. The Morgan fingerprint density at radius 3 is 0.661 bits per heavy atom. The molecule has 0 aliphatic carbocycles. The lowest BCUT2D eigenvalue weighted by Crippen LogP contribution is -2.30. The van der Waals surface area contributed by atoms with Crippen LogP contribution in [0.3, 0.4) is 0 Å². The van der Waals surface area contributed by atoms with Crippen LogP contribution in [0, 0.1) is 0 Å². The summed E-state index contributed by atoms with van der Waals surface area (Å²) in [5, 5.41) is 20.8. The molecule has 0 aromatic carbocycles. The molecule has 0 saturated carbocycles. The number of carbonyl (C=O) groups is 3. The number of ether oxygens (including phenoxy) is 3. The summed E-state index contributed by atoms with van der Waals surface area (Å²) in [5.74, 6) is -1.57. The zero-order valence-corrected chi connectivity index (χ0v) is 82.4. The lowest BCUT2D eigenvalue weighted by atomic mass is 10.0.